The predicted molar refractivity (Wildman–Crippen MR) is 114 cm³/mol. The molecular formula is C20H16ClF3N4O4S. The number of halogens is 4. The molecule has 2 heterocycles. The van der Waals surface area contributed by atoms with Gasteiger partial charge in [-0.05, 0) is 32.0 Å². The van der Waals surface area contributed by atoms with Crippen LogP contribution in [-0.2, 0) is 15.5 Å². The molecule has 0 fully saturated rings. The molecule has 0 saturated heterocycles. The molecule has 3 rings (SSSR count). The zero-order valence-corrected chi connectivity index (χ0v) is 19.0. The Labute approximate surface area is 194 Å². The topological polar surface area (TPSA) is 103 Å². The van der Waals surface area contributed by atoms with Crippen molar-refractivity contribution in [3.8, 4) is 16.9 Å². The monoisotopic (exact) mass is 500 g/mol. The summed E-state index contributed by atoms with van der Waals surface area (Å²) in [5.74, 6) is -7.36. The highest BCUT2D eigenvalue weighted by Gasteiger charge is 2.46. The number of carbonyl (C=O) groups excluding carboxylic acids is 2. The number of esters is 1. The van der Waals surface area contributed by atoms with Crippen molar-refractivity contribution >= 4 is 39.9 Å². The van der Waals surface area contributed by atoms with Crippen molar-refractivity contribution in [2.45, 2.75) is 19.8 Å². The van der Waals surface area contributed by atoms with Crippen molar-refractivity contribution in [3.05, 3.63) is 51.5 Å². The quantitative estimate of drug-likeness (QED) is 0.472. The molecule has 0 atom stereocenters. The molecule has 8 nitrogen and oxygen atoms in total. The molecule has 0 spiro atoms. The van der Waals surface area contributed by atoms with Crippen molar-refractivity contribution < 1.29 is 32.2 Å². The summed E-state index contributed by atoms with van der Waals surface area (Å²) in [6.07, 6.45) is 1.19. The number of hydrogen-bond donors (Lipinski definition) is 1. The van der Waals surface area contributed by atoms with Crippen LogP contribution < -0.4 is 10.1 Å². The lowest BCUT2D eigenvalue weighted by molar-refractivity contribution is -0.173. The number of aromatic nitrogens is 3. The Morgan fingerprint density at radius 1 is 1.27 bits per heavy atom. The largest absolute Gasteiger partial charge is 0.496 e. The second-order valence-electron chi connectivity index (χ2n) is 6.47. The number of carbonyl (C=O) groups is 2. The molecule has 2 aromatic heterocycles. The van der Waals surface area contributed by atoms with Crippen LogP contribution in [0.2, 0.25) is 5.02 Å². The lowest BCUT2D eigenvalue weighted by Gasteiger charge is -2.14. The summed E-state index contributed by atoms with van der Waals surface area (Å²) in [5, 5.41) is 7.60. The fraction of sp³-hybridized carbons (Fsp3) is 0.250. The second-order valence-corrected chi connectivity index (χ2v) is 7.86. The third kappa shape index (κ3) is 4.91. The lowest BCUT2D eigenvalue weighted by Crippen LogP contribution is -2.28. The first kappa shape index (κ1) is 24.4. The van der Waals surface area contributed by atoms with E-state index in [0.29, 0.717) is 5.69 Å². The summed E-state index contributed by atoms with van der Waals surface area (Å²) >= 11 is 6.21. The van der Waals surface area contributed by atoms with Gasteiger partial charge in [-0.2, -0.15) is 8.78 Å². The number of rotatable bonds is 7. The highest BCUT2D eigenvalue weighted by atomic mass is 35.5. The Bertz CT molecular complexity index is 1220. The minimum atomic E-state index is -4.04. The Kier molecular flexibility index (Phi) is 7.18. The molecule has 1 aromatic carbocycles. The maximum Gasteiger partial charge on any atom is 0.395 e. The molecule has 174 valence electrons. The molecule has 0 bridgehead atoms. The first-order valence-corrected chi connectivity index (χ1v) is 10.5. The summed E-state index contributed by atoms with van der Waals surface area (Å²) in [7, 11) is 1.33. The van der Waals surface area contributed by atoms with E-state index in [4.69, 9.17) is 16.3 Å². The Morgan fingerprint density at radius 2 is 2.00 bits per heavy atom. The fourth-order valence-corrected chi connectivity index (χ4v) is 3.63. The summed E-state index contributed by atoms with van der Waals surface area (Å²) in [5.41, 5.74) is 0.398. The number of nitrogens with zero attached hydrogens (tertiary/aromatic N) is 3. The van der Waals surface area contributed by atoms with Crippen LogP contribution in [-0.4, -0.2) is 40.8 Å². The number of pyridine rings is 1. The van der Waals surface area contributed by atoms with E-state index in [1.807, 2.05) is 0 Å². The number of anilines is 1. The third-order valence-corrected chi connectivity index (χ3v) is 5.48. The van der Waals surface area contributed by atoms with Gasteiger partial charge in [-0.1, -0.05) is 22.9 Å². The molecule has 0 aliphatic rings. The average molecular weight is 501 g/mol. The second kappa shape index (κ2) is 9.71. The summed E-state index contributed by atoms with van der Waals surface area (Å²) in [6, 6.07) is 4.19. The van der Waals surface area contributed by atoms with Gasteiger partial charge in [0.1, 0.15) is 5.75 Å². The van der Waals surface area contributed by atoms with Crippen LogP contribution in [0.15, 0.2) is 24.4 Å². The number of aryl methyl sites for hydroxylation is 1. The van der Waals surface area contributed by atoms with Gasteiger partial charge < -0.3 is 9.47 Å². The van der Waals surface area contributed by atoms with Crippen molar-refractivity contribution in [2.24, 2.45) is 0 Å². The number of nitrogens with one attached hydrogen (secondary N) is 1. The van der Waals surface area contributed by atoms with Crippen molar-refractivity contribution in [1.82, 2.24) is 15.2 Å². The van der Waals surface area contributed by atoms with Gasteiger partial charge in [0.25, 0.3) is 5.91 Å². The molecule has 13 heteroatoms. The van der Waals surface area contributed by atoms with E-state index in [1.54, 1.807) is 6.92 Å². The molecule has 3 aromatic rings. The molecule has 1 N–H and O–H groups in total. The van der Waals surface area contributed by atoms with Gasteiger partial charge in [-0.25, -0.2) is 9.18 Å². The van der Waals surface area contributed by atoms with Gasteiger partial charge >= 0.3 is 11.9 Å². The van der Waals surface area contributed by atoms with Crippen LogP contribution in [0.25, 0.3) is 11.1 Å². The summed E-state index contributed by atoms with van der Waals surface area (Å²) in [6.45, 7) is 2.77. The highest BCUT2D eigenvalue weighted by Crippen LogP contribution is 2.38. The van der Waals surface area contributed by atoms with E-state index in [0.717, 1.165) is 0 Å². The third-order valence-electron chi connectivity index (χ3n) is 4.28. The van der Waals surface area contributed by atoms with Crippen LogP contribution in [0.4, 0.5) is 18.3 Å². The zero-order chi connectivity index (χ0) is 24.3. The zero-order valence-electron chi connectivity index (χ0n) is 17.4. The molecular weight excluding hydrogens is 485 g/mol. The van der Waals surface area contributed by atoms with E-state index in [1.165, 1.54) is 38.4 Å². The number of ether oxygens (including phenoxy) is 2. The van der Waals surface area contributed by atoms with E-state index in [2.05, 4.69) is 25.2 Å². The van der Waals surface area contributed by atoms with Gasteiger partial charge in [0.15, 0.2) is 5.82 Å². The smallest absolute Gasteiger partial charge is 0.395 e. The Balaban J connectivity index is 1.98. The molecule has 0 aliphatic carbocycles. The van der Waals surface area contributed by atoms with Crippen LogP contribution in [0.3, 0.4) is 0 Å². The normalized spacial score (nSPS) is 11.2. The van der Waals surface area contributed by atoms with Gasteiger partial charge in [0, 0.05) is 17.5 Å². The molecule has 1 amide bonds. The minimum Gasteiger partial charge on any atom is -0.496 e. The lowest BCUT2D eigenvalue weighted by atomic mass is 9.98. The maximum absolute atomic E-state index is 14.9. The number of alkyl halides is 2. The molecule has 0 saturated carbocycles. The first-order chi connectivity index (χ1) is 15.6. The van der Waals surface area contributed by atoms with E-state index >= 15 is 0 Å². The van der Waals surface area contributed by atoms with Crippen LogP contribution in [0.1, 0.15) is 28.0 Å². The fourth-order valence-electron chi connectivity index (χ4n) is 2.78. The first-order valence-electron chi connectivity index (χ1n) is 9.29. The predicted octanol–water partition coefficient (Wildman–Crippen LogP) is 4.62. The van der Waals surface area contributed by atoms with Crippen molar-refractivity contribution in [2.75, 3.05) is 19.0 Å². The standard InChI is InChI=1S/C20H16ClF3N4O4S/c1-4-32-18(30)20(23,24)17-27-28-19(33-17)26-16(29)11-8-25-9(2)7-10(11)14-13(31-3)6-5-12(21)15(14)22/h5-8H,4H2,1-3H3,(H,26,28,29). The number of methoxy groups -OCH3 is 1. The summed E-state index contributed by atoms with van der Waals surface area (Å²) < 4.78 is 52.7. The number of benzene rings is 1. The van der Waals surface area contributed by atoms with E-state index in [9.17, 15) is 22.8 Å². The van der Waals surface area contributed by atoms with Gasteiger partial charge in [-0.3, -0.25) is 15.1 Å². The Morgan fingerprint density at radius 3 is 2.67 bits per heavy atom. The van der Waals surface area contributed by atoms with Crippen LogP contribution in [0.5, 0.6) is 5.75 Å². The van der Waals surface area contributed by atoms with Gasteiger partial charge in [0.2, 0.25) is 10.1 Å². The van der Waals surface area contributed by atoms with Gasteiger partial charge in [0.05, 0.1) is 29.9 Å². The van der Waals surface area contributed by atoms with E-state index in [-0.39, 0.29) is 50.5 Å². The van der Waals surface area contributed by atoms with E-state index < -0.39 is 28.6 Å². The SMILES string of the molecule is CCOC(=O)C(F)(F)c1nnc(NC(=O)c2cnc(C)cc2-c2c(OC)ccc(Cl)c2F)s1. The highest BCUT2D eigenvalue weighted by molar-refractivity contribution is 7.15. The maximum atomic E-state index is 14.9. The minimum absolute atomic E-state index is 0.0764. The number of hydrogen-bond acceptors (Lipinski definition) is 8. The van der Waals surface area contributed by atoms with Crippen molar-refractivity contribution in [1.29, 1.82) is 0 Å². The van der Waals surface area contributed by atoms with Crippen LogP contribution in [0, 0.1) is 12.7 Å². The Hall–Kier alpha value is -3.25. The molecule has 33 heavy (non-hydrogen) atoms. The molecule has 0 radical (unpaired) electrons. The van der Waals surface area contributed by atoms with Crippen molar-refractivity contribution in [3.63, 3.8) is 0 Å². The van der Waals surface area contributed by atoms with Crippen LogP contribution >= 0.6 is 22.9 Å². The van der Waals surface area contributed by atoms with Gasteiger partial charge in [-0.15, -0.1) is 10.2 Å². The average Bonchev–Trinajstić information content (AvgIpc) is 3.24. The number of amides is 1. The molecule has 0 unspecified atom stereocenters. The molecule has 0 aliphatic heterocycles. The summed E-state index contributed by atoms with van der Waals surface area (Å²) in [4.78, 5) is 28.5.